The Morgan fingerprint density at radius 2 is 1.52 bits per heavy atom. The molecule has 0 spiro atoms. The summed E-state index contributed by atoms with van der Waals surface area (Å²) in [5.41, 5.74) is 0.132. The van der Waals surface area contributed by atoms with Gasteiger partial charge in [0.05, 0.1) is 17.0 Å². The highest BCUT2D eigenvalue weighted by Gasteiger charge is 2.73. The molecule has 5 heteroatoms. The summed E-state index contributed by atoms with van der Waals surface area (Å²) in [6.07, 6.45) is 0. The van der Waals surface area contributed by atoms with Crippen molar-refractivity contribution in [1.82, 2.24) is 0 Å². The average molecular weight is 322 g/mol. The summed E-state index contributed by atoms with van der Waals surface area (Å²) >= 11 is 0. The third kappa shape index (κ3) is 2.21. The van der Waals surface area contributed by atoms with Crippen LogP contribution in [0.4, 0.5) is 0 Å². The van der Waals surface area contributed by atoms with Crippen LogP contribution in [0.3, 0.4) is 0 Å². The van der Waals surface area contributed by atoms with E-state index in [0.29, 0.717) is 5.56 Å². The minimum Gasteiger partial charge on any atom is -0.223 e. The van der Waals surface area contributed by atoms with Crippen molar-refractivity contribution in [2.45, 2.75) is 23.0 Å². The Balaban J connectivity index is 2.10. The molecule has 23 heavy (non-hydrogen) atoms. The molecule has 0 amide bonds. The molecule has 1 saturated carbocycles. The predicted molar refractivity (Wildman–Crippen MR) is 85.0 cm³/mol. The maximum absolute atomic E-state index is 12.9. The van der Waals surface area contributed by atoms with Gasteiger partial charge in [0.25, 0.3) is 0 Å². The molecule has 1 aliphatic rings. The molecule has 1 fully saturated rings. The van der Waals surface area contributed by atoms with Crippen LogP contribution in [-0.4, -0.2) is 13.7 Å². The van der Waals surface area contributed by atoms with Gasteiger partial charge in [0.2, 0.25) is 0 Å². The number of aryl methyl sites for hydroxylation is 1. The molecule has 4 nitrogen and oxygen atoms in total. The van der Waals surface area contributed by atoms with Crippen molar-refractivity contribution >= 4 is 9.84 Å². The van der Waals surface area contributed by atoms with Crippen LogP contribution < -0.4 is 0 Å². The number of nitriles is 2. The number of benzene rings is 2. The van der Waals surface area contributed by atoms with E-state index in [0.717, 1.165) is 5.56 Å². The first-order valence-corrected chi connectivity index (χ1v) is 8.70. The van der Waals surface area contributed by atoms with Gasteiger partial charge in [0.15, 0.2) is 15.3 Å². The lowest BCUT2D eigenvalue weighted by atomic mass is 10.0. The number of sulfone groups is 1. The molecule has 0 saturated heterocycles. The third-order valence-electron chi connectivity index (χ3n) is 4.35. The van der Waals surface area contributed by atoms with Crippen LogP contribution in [0.15, 0.2) is 59.5 Å². The Morgan fingerprint density at radius 3 is 2.04 bits per heavy atom. The summed E-state index contributed by atoms with van der Waals surface area (Å²) in [4.78, 5) is 0.154. The van der Waals surface area contributed by atoms with E-state index in [1.165, 1.54) is 12.1 Å². The van der Waals surface area contributed by atoms with Gasteiger partial charge in [-0.25, -0.2) is 8.42 Å². The normalized spacial score (nSPS) is 21.9. The Bertz CT molecular complexity index is 906. The van der Waals surface area contributed by atoms with Crippen molar-refractivity contribution in [1.29, 1.82) is 10.5 Å². The monoisotopic (exact) mass is 322 g/mol. The highest BCUT2D eigenvalue weighted by Crippen LogP contribution is 2.63. The third-order valence-corrected chi connectivity index (χ3v) is 6.59. The molecule has 2 aromatic rings. The van der Waals surface area contributed by atoms with Gasteiger partial charge in [0, 0.05) is 5.92 Å². The lowest BCUT2D eigenvalue weighted by Crippen LogP contribution is -2.14. The summed E-state index contributed by atoms with van der Waals surface area (Å²) in [7, 11) is -3.76. The van der Waals surface area contributed by atoms with Gasteiger partial charge < -0.3 is 0 Å². The zero-order valence-electron chi connectivity index (χ0n) is 12.5. The van der Waals surface area contributed by atoms with Crippen LogP contribution in [0.25, 0.3) is 0 Å². The van der Waals surface area contributed by atoms with E-state index >= 15 is 0 Å². The summed E-state index contributed by atoms with van der Waals surface area (Å²) in [6.45, 7) is 1.87. The van der Waals surface area contributed by atoms with Crippen molar-refractivity contribution in [2.24, 2.45) is 5.41 Å². The number of hydrogen-bond acceptors (Lipinski definition) is 4. The molecule has 0 heterocycles. The van der Waals surface area contributed by atoms with Crippen LogP contribution in [0.2, 0.25) is 0 Å². The molecule has 3 rings (SSSR count). The van der Waals surface area contributed by atoms with E-state index in [4.69, 9.17) is 0 Å². The van der Waals surface area contributed by atoms with Crippen molar-refractivity contribution in [3.63, 3.8) is 0 Å². The van der Waals surface area contributed by atoms with E-state index in [1.54, 1.807) is 36.4 Å². The average Bonchev–Trinajstić information content (AvgIpc) is 3.27. The van der Waals surface area contributed by atoms with Gasteiger partial charge in [-0.1, -0.05) is 48.0 Å². The molecule has 114 valence electrons. The van der Waals surface area contributed by atoms with E-state index in [-0.39, 0.29) is 4.90 Å². The maximum atomic E-state index is 12.9. The van der Waals surface area contributed by atoms with Gasteiger partial charge in [-0.3, -0.25) is 0 Å². The van der Waals surface area contributed by atoms with Gasteiger partial charge in [-0.2, -0.15) is 10.5 Å². The largest absolute Gasteiger partial charge is 0.223 e. The van der Waals surface area contributed by atoms with Crippen LogP contribution >= 0.6 is 0 Å². The van der Waals surface area contributed by atoms with Gasteiger partial charge in [-0.05, 0) is 24.6 Å². The zero-order valence-corrected chi connectivity index (χ0v) is 13.3. The van der Waals surface area contributed by atoms with Gasteiger partial charge in [-0.15, -0.1) is 0 Å². The standard InChI is InChI=1S/C18H14N2O2S/c1-13-7-9-15(10-8-13)23(21,22)17-16(18(17,11-19)12-20)14-5-3-2-4-6-14/h2-10,16-17H,1H3/t16-,17-/m0/s1. The van der Waals surface area contributed by atoms with Crippen molar-refractivity contribution in [3.05, 3.63) is 65.7 Å². The molecule has 2 aromatic carbocycles. The first kappa shape index (κ1) is 15.3. The van der Waals surface area contributed by atoms with Gasteiger partial charge >= 0.3 is 0 Å². The highest BCUT2D eigenvalue weighted by molar-refractivity contribution is 7.92. The summed E-state index contributed by atoms with van der Waals surface area (Å²) in [5.74, 6) is -0.620. The number of hydrogen-bond donors (Lipinski definition) is 0. The summed E-state index contributed by atoms with van der Waals surface area (Å²) < 4.78 is 25.8. The Hall–Kier alpha value is -2.63. The van der Waals surface area contributed by atoms with Crippen molar-refractivity contribution in [2.75, 3.05) is 0 Å². The van der Waals surface area contributed by atoms with E-state index in [2.05, 4.69) is 0 Å². The van der Waals surface area contributed by atoms with E-state index < -0.39 is 26.4 Å². The molecule has 1 aliphatic carbocycles. The van der Waals surface area contributed by atoms with Gasteiger partial charge in [0.1, 0.15) is 5.25 Å². The van der Waals surface area contributed by atoms with Crippen LogP contribution in [0, 0.1) is 35.0 Å². The fourth-order valence-corrected chi connectivity index (χ4v) is 5.25. The molecule has 0 N–H and O–H groups in total. The number of rotatable bonds is 3. The summed E-state index contributed by atoms with van der Waals surface area (Å²) in [6, 6.07) is 19.3. The fraction of sp³-hybridized carbons (Fsp3) is 0.222. The second-order valence-electron chi connectivity index (χ2n) is 5.76. The lowest BCUT2D eigenvalue weighted by molar-refractivity contribution is 0.591. The minimum absolute atomic E-state index is 0.154. The molecule has 0 unspecified atom stereocenters. The minimum atomic E-state index is -3.76. The zero-order chi connectivity index (χ0) is 16.7. The molecule has 0 aliphatic heterocycles. The SMILES string of the molecule is Cc1ccc(S(=O)(=O)[C@H]2[C@H](c3ccccc3)C2(C#N)C#N)cc1. The molecule has 0 bridgehead atoms. The fourth-order valence-electron chi connectivity index (χ4n) is 3.04. The van der Waals surface area contributed by atoms with Crippen LogP contribution in [0.5, 0.6) is 0 Å². The first-order chi connectivity index (χ1) is 11.0. The van der Waals surface area contributed by atoms with Crippen molar-refractivity contribution in [3.8, 4) is 12.1 Å². The molecule has 2 atom stereocenters. The van der Waals surface area contributed by atoms with Crippen LogP contribution in [0.1, 0.15) is 17.0 Å². The maximum Gasteiger partial charge on any atom is 0.184 e. The highest BCUT2D eigenvalue weighted by atomic mass is 32.2. The molecule has 0 aromatic heterocycles. The first-order valence-electron chi connectivity index (χ1n) is 7.15. The molecular weight excluding hydrogens is 308 g/mol. The Morgan fingerprint density at radius 1 is 0.957 bits per heavy atom. The van der Waals surface area contributed by atoms with Crippen LogP contribution in [-0.2, 0) is 9.84 Å². The smallest absolute Gasteiger partial charge is 0.184 e. The number of nitrogens with zero attached hydrogens (tertiary/aromatic N) is 2. The van der Waals surface area contributed by atoms with E-state index in [9.17, 15) is 18.9 Å². The van der Waals surface area contributed by atoms with Crippen molar-refractivity contribution < 1.29 is 8.42 Å². The predicted octanol–water partition coefficient (Wildman–Crippen LogP) is 2.97. The topological polar surface area (TPSA) is 81.7 Å². The second kappa shape index (κ2) is 5.22. The molecule has 0 radical (unpaired) electrons. The second-order valence-corrected chi connectivity index (χ2v) is 7.83. The lowest BCUT2D eigenvalue weighted by Gasteiger charge is -2.04. The Labute approximate surface area is 135 Å². The summed E-state index contributed by atoms with van der Waals surface area (Å²) in [5, 5.41) is 17.9. The quantitative estimate of drug-likeness (QED) is 0.870. The van der Waals surface area contributed by atoms with E-state index in [1.807, 2.05) is 25.1 Å². The molecular formula is C18H14N2O2S. The Kier molecular flexibility index (Phi) is 3.47.